The molecule has 4 rings (SSSR count). The molecule has 0 bridgehead atoms. The highest BCUT2D eigenvalue weighted by Crippen LogP contribution is 2.36. The third kappa shape index (κ3) is 3.04. The highest BCUT2D eigenvalue weighted by Gasteiger charge is 2.20. The van der Waals surface area contributed by atoms with Crippen LogP contribution in [0.2, 0.25) is 0 Å². The van der Waals surface area contributed by atoms with Crippen LogP contribution in [-0.2, 0) is 14.1 Å². The molecule has 0 atom stereocenters. The van der Waals surface area contributed by atoms with E-state index in [2.05, 4.69) is 4.98 Å². The van der Waals surface area contributed by atoms with Crippen LogP contribution in [0.3, 0.4) is 0 Å². The van der Waals surface area contributed by atoms with Crippen molar-refractivity contribution in [3.63, 3.8) is 0 Å². The molecule has 0 aliphatic heterocycles. The molecule has 3 aromatic heterocycles. The Balaban J connectivity index is 2.04. The largest absolute Gasteiger partial charge is 0.450 e. The first kappa shape index (κ1) is 19.4. The number of para-hydroxylation sites is 1. The van der Waals surface area contributed by atoms with Crippen molar-refractivity contribution < 1.29 is 9.53 Å². The van der Waals surface area contributed by atoms with Gasteiger partial charge in [-0.3, -0.25) is 14.4 Å². The van der Waals surface area contributed by atoms with Crippen LogP contribution in [0.4, 0.5) is 0 Å². The molecule has 152 valence electrons. The normalized spacial score (nSPS) is 11.1. The Morgan fingerprint density at radius 3 is 2.30 bits per heavy atom. The minimum atomic E-state index is -0.302. The zero-order valence-corrected chi connectivity index (χ0v) is 17.1. The lowest BCUT2D eigenvalue weighted by atomic mass is 10.0. The van der Waals surface area contributed by atoms with E-state index < -0.39 is 0 Å². The highest BCUT2D eigenvalue weighted by atomic mass is 16.5. The van der Waals surface area contributed by atoms with Gasteiger partial charge in [0.05, 0.1) is 5.69 Å². The fourth-order valence-electron chi connectivity index (χ4n) is 3.61. The Morgan fingerprint density at radius 1 is 0.933 bits per heavy atom. The topological polar surface area (TPSA) is 86.1 Å². The molecule has 0 amide bonds. The summed E-state index contributed by atoms with van der Waals surface area (Å²) in [5.74, 6) is 0.775. The van der Waals surface area contributed by atoms with E-state index >= 15 is 0 Å². The van der Waals surface area contributed by atoms with Crippen molar-refractivity contribution in [1.29, 1.82) is 0 Å². The lowest BCUT2D eigenvalue weighted by Gasteiger charge is -2.16. The standard InChI is InChI=1S/C23H21N3O4/c1-13-6-5-7-14(2)20(13)30-21-16(8-9-25(3)23(21)29)18-11-26(4)22(28)19-17(18)10-15(12-27)24-19/h5-12,24H,1-4H3. The Kier molecular flexibility index (Phi) is 4.66. The summed E-state index contributed by atoms with van der Waals surface area (Å²) in [4.78, 5) is 39.7. The Morgan fingerprint density at radius 2 is 1.63 bits per heavy atom. The molecule has 7 nitrogen and oxygen atoms in total. The second-order valence-electron chi connectivity index (χ2n) is 7.39. The molecule has 4 aromatic rings. The number of pyridine rings is 2. The summed E-state index contributed by atoms with van der Waals surface area (Å²) in [7, 11) is 3.28. The van der Waals surface area contributed by atoms with Crippen molar-refractivity contribution in [3.8, 4) is 22.6 Å². The van der Waals surface area contributed by atoms with Crippen molar-refractivity contribution >= 4 is 17.2 Å². The number of fused-ring (bicyclic) bond motifs is 1. The molecule has 0 aliphatic rings. The highest BCUT2D eigenvalue weighted by molar-refractivity contribution is 5.99. The number of aromatic nitrogens is 3. The summed E-state index contributed by atoms with van der Waals surface area (Å²) >= 11 is 0. The maximum absolute atomic E-state index is 13.0. The van der Waals surface area contributed by atoms with E-state index in [1.165, 1.54) is 9.13 Å². The molecule has 30 heavy (non-hydrogen) atoms. The number of hydrogen-bond donors (Lipinski definition) is 1. The van der Waals surface area contributed by atoms with Crippen LogP contribution in [0.15, 0.2) is 52.3 Å². The van der Waals surface area contributed by atoms with Gasteiger partial charge < -0.3 is 18.9 Å². The molecular weight excluding hydrogens is 382 g/mol. The number of aryl methyl sites for hydroxylation is 4. The van der Waals surface area contributed by atoms with Gasteiger partial charge in [-0.15, -0.1) is 0 Å². The number of aromatic amines is 1. The summed E-state index contributed by atoms with van der Waals surface area (Å²) in [5, 5.41) is 0.555. The fourth-order valence-corrected chi connectivity index (χ4v) is 3.61. The van der Waals surface area contributed by atoms with Crippen molar-refractivity contribution in [2.75, 3.05) is 0 Å². The first-order valence-corrected chi connectivity index (χ1v) is 9.43. The van der Waals surface area contributed by atoms with Crippen LogP contribution in [0.5, 0.6) is 11.5 Å². The molecule has 0 saturated heterocycles. The lowest BCUT2D eigenvalue weighted by Crippen LogP contribution is -2.20. The second-order valence-corrected chi connectivity index (χ2v) is 7.39. The van der Waals surface area contributed by atoms with Gasteiger partial charge in [0.2, 0.25) is 0 Å². The number of ether oxygens (including phenoxy) is 1. The van der Waals surface area contributed by atoms with Crippen LogP contribution < -0.4 is 15.9 Å². The van der Waals surface area contributed by atoms with E-state index in [1.807, 2.05) is 32.0 Å². The average molecular weight is 403 g/mol. The summed E-state index contributed by atoms with van der Waals surface area (Å²) in [6.07, 6.45) is 3.96. The van der Waals surface area contributed by atoms with Gasteiger partial charge in [0.15, 0.2) is 12.0 Å². The van der Waals surface area contributed by atoms with E-state index in [0.29, 0.717) is 34.1 Å². The molecule has 0 saturated carbocycles. The van der Waals surface area contributed by atoms with Crippen molar-refractivity contribution in [2.45, 2.75) is 13.8 Å². The van der Waals surface area contributed by atoms with E-state index in [0.717, 1.165) is 11.1 Å². The molecule has 0 spiro atoms. The SMILES string of the molecule is Cc1cccc(C)c1Oc1c(-c2cn(C)c(=O)c3[nH]c(C=O)cc23)ccn(C)c1=O. The molecule has 1 N–H and O–H groups in total. The monoisotopic (exact) mass is 403 g/mol. The molecular formula is C23H21N3O4. The van der Waals surface area contributed by atoms with Gasteiger partial charge in [-0.1, -0.05) is 18.2 Å². The number of carbonyl (C=O) groups excluding carboxylic acids is 1. The molecule has 1 aromatic carbocycles. The number of nitrogens with zero attached hydrogens (tertiary/aromatic N) is 2. The summed E-state index contributed by atoms with van der Waals surface area (Å²) in [6.45, 7) is 3.84. The molecule has 0 radical (unpaired) electrons. The fraction of sp³-hybridized carbons (Fsp3) is 0.174. The van der Waals surface area contributed by atoms with Gasteiger partial charge >= 0.3 is 0 Å². The third-order valence-electron chi connectivity index (χ3n) is 5.24. The zero-order valence-electron chi connectivity index (χ0n) is 17.1. The number of rotatable bonds is 4. The maximum Gasteiger partial charge on any atom is 0.293 e. The predicted molar refractivity (Wildman–Crippen MR) is 116 cm³/mol. The van der Waals surface area contributed by atoms with Crippen LogP contribution in [0.25, 0.3) is 22.0 Å². The second kappa shape index (κ2) is 7.18. The van der Waals surface area contributed by atoms with Crippen molar-refractivity contribution in [2.24, 2.45) is 14.1 Å². The summed E-state index contributed by atoms with van der Waals surface area (Å²) < 4.78 is 9.05. The van der Waals surface area contributed by atoms with Crippen LogP contribution in [0, 0.1) is 13.8 Å². The first-order chi connectivity index (χ1) is 14.3. The Bertz CT molecular complexity index is 1400. The van der Waals surface area contributed by atoms with Crippen LogP contribution in [0.1, 0.15) is 21.6 Å². The van der Waals surface area contributed by atoms with Gasteiger partial charge in [0, 0.05) is 43.0 Å². The number of nitrogens with one attached hydrogen (secondary N) is 1. The molecule has 3 heterocycles. The Hall–Kier alpha value is -3.87. The number of benzene rings is 1. The minimum Gasteiger partial charge on any atom is -0.450 e. The van der Waals surface area contributed by atoms with E-state index in [1.54, 1.807) is 38.6 Å². The summed E-state index contributed by atoms with van der Waals surface area (Å²) in [6, 6.07) is 9.15. The molecule has 0 aliphatic carbocycles. The smallest absolute Gasteiger partial charge is 0.293 e. The first-order valence-electron chi connectivity index (χ1n) is 9.43. The van der Waals surface area contributed by atoms with Gasteiger partial charge in [0.1, 0.15) is 11.3 Å². The predicted octanol–water partition coefficient (Wildman–Crippen LogP) is 3.45. The summed E-state index contributed by atoms with van der Waals surface area (Å²) in [5.41, 5.74) is 3.00. The number of carbonyl (C=O) groups is 1. The quantitative estimate of drug-likeness (QED) is 0.529. The molecule has 7 heteroatoms. The van der Waals surface area contributed by atoms with Gasteiger partial charge in [-0.2, -0.15) is 0 Å². The van der Waals surface area contributed by atoms with Crippen molar-refractivity contribution in [3.05, 3.63) is 80.3 Å². The van der Waals surface area contributed by atoms with E-state index in [9.17, 15) is 14.4 Å². The third-order valence-corrected chi connectivity index (χ3v) is 5.24. The zero-order chi connectivity index (χ0) is 21.6. The molecule has 0 unspecified atom stereocenters. The van der Waals surface area contributed by atoms with Gasteiger partial charge in [0.25, 0.3) is 11.1 Å². The number of hydrogen-bond acceptors (Lipinski definition) is 4. The average Bonchev–Trinajstić information content (AvgIpc) is 3.16. The van der Waals surface area contributed by atoms with Crippen LogP contribution >= 0.6 is 0 Å². The molecule has 0 fully saturated rings. The van der Waals surface area contributed by atoms with E-state index in [4.69, 9.17) is 4.74 Å². The van der Waals surface area contributed by atoms with Crippen molar-refractivity contribution in [1.82, 2.24) is 14.1 Å². The lowest BCUT2D eigenvalue weighted by molar-refractivity contribution is 0.112. The van der Waals surface area contributed by atoms with Crippen LogP contribution in [-0.4, -0.2) is 20.4 Å². The maximum atomic E-state index is 13.0. The Labute approximate surface area is 172 Å². The minimum absolute atomic E-state index is 0.159. The van der Waals surface area contributed by atoms with Gasteiger partial charge in [-0.25, -0.2) is 0 Å². The number of aldehydes is 1. The van der Waals surface area contributed by atoms with E-state index in [-0.39, 0.29) is 22.6 Å². The van der Waals surface area contributed by atoms with Gasteiger partial charge in [-0.05, 0) is 37.1 Å². The number of H-pyrrole nitrogens is 1.